The van der Waals surface area contributed by atoms with Crippen LogP contribution in [0, 0.1) is 0 Å². The van der Waals surface area contributed by atoms with Gasteiger partial charge in [0, 0.05) is 29.4 Å². The maximum Gasteiger partial charge on any atom is 0.230 e. The molecule has 100 valence electrons. The summed E-state index contributed by atoms with van der Waals surface area (Å²) in [4.78, 5) is 2.25. The quantitative estimate of drug-likeness (QED) is 0.914. The van der Waals surface area contributed by atoms with Crippen molar-refractivity contribution >= 4 is 23.2 Å². The molecule has 0 aliphatic carbocycles. The van der Waals surface area contributed by atoms with E-state index in [0.29, 0.717) is 10.9 Å². The zero-order valence-electron chi connectivity index (χ0n) is 10.3. The number of hydrogen-bond acceptors (Lipinski definition) is 5. The van der Waals surface area contributed by atoms with Gasteiger partial charge in [-0.3, -0.25) is 0 Å². The van der Waals surface area contributed by atoms with Crippen LogP contribution in [0.1, 0.15) is 0 Å². The second-order valence-corrected chi connectivity index (χ2v) is 4.80. The fraction of sp³-hybridized carbons (Fsp3) is 0.308. The highest BCUT2D eigenvalue weighted by molar-refractivity contribution is 6.31. The third kappa shape index (κ3) is 2.39. The number of anilines is 2. The molecule has 0 spiro atoms. The first-order valence-corrected chi connectivity index (χ1v) is 6.46. The molecule has 1 aromatic carbocycles. The summed E-state index contributed by atoms with van der Waals surface area (Å²) in [5.41, 5.74) is 8.58. The van der Waals surface area contributed by atoms with E-state index in [1.807, 2.05) is 18.2 Å². The van der Waals surface area contributed by atoms with Crippen LogP contribution in [0.5, 0.6) is 0 Å². The maximum absolute atomic E-state index is 6.09. The number of nitrogens with zero attached hydrogens (tertiary/aromatic N) is 2. The average molecular weight is 280 g/mol. The summed E-state index contributed by atoms with van der Waals surface area (Å²) in [6.07, 6.45) is 1.62. The summed E-state index contributed by atoms with van der Waals surface area (Å²) in [6, 6.07) is 5.75. The summed E-state index contributed by atoms with van der Waals surface area (Å²) in [7, 11) is 0. The lowest BCUT2D eigenvalue weighted by Crippen LogP contribution is -2.36. The Kier molecular flexibility index (Phi) is 3.31. The first kappa shape index (κ1) is 12.3. The molecule has 0 radical (unpaired) electrons. The Labute approximate surface area is 115 Å². The van der Waals surface area contributed by atoms with Crippen molar-refractivity contribution in [1.29, 1.82) is 0 Å². The number of benzene rings is 1. The molecule has 1 aliphatic heterocycles. The van der Waals surface area contributed by atoms with E-state index in [0.717, 1.165) is 43.1 Å². The molecule has 19 heavy (non-hydrogen) atoms. The van der Waals surface area contributed by atoms with Gasteiger partial charge < -0.3 is 19.9 Å². The Hall–Kier alpha value is -1.72. The Morgan fingerprint density at radius 1 is 1.21 bits per heavy atom. The van der Waals surface area contributed by atoms with Crippen LogP contribution < -0.4 is 10.6 Å². The van der Waals surface area contributed by atoms with Crippen LogP contribution in [0.4, 0.5) is 11.6 Å². The Morgan fingerprint density at radius 2 is 2.00 bits per heavy atom. The lowest BCUT2D eigenvalue weighted by atomic mass is 10.1. The van der Waals surface area contributed by atoms with Gasteiger partial charge in [-0.1, -0.05) is 16.8 Å². The zero-order valence-corrected chi connectivity index (χ0v) is 11.1. The van der Waals surface area contributed by atoms with Gasteiger partial charge in [-0.15, -0.1) is 0 Å². The minimum Gasteiger partial charge on any atom is -0.378 e. The zero-order chi connectivity index (χ0) is 13.2. The highest BCUT2D eigenvalue weighted by Gasteiger charge is 2.18. The molecule has 1 aromatic heterocycles. The van der Waals surface area contributed by atoms with Gasteiger partial charge in [-0.25, -0.2) is 0 Å². The van der Waals surface area contributed by atoms with Crippen LogP contribution in [0.3, 0.4) is 0 Å². The van der Waals surface area contributed by atoms with Crippen molar-refractivity contribution in [3.8, 4) is 11.1 Å². The summed E-state index contributed by atoms with van der Waals surface area (Å²) >= 11 is 6.09. The Bertz CT molecular complexity index is 579. The smallest absolute Gasteiger partial charge is 0.230 e. The van der Waals surface area contributed by atoms with Gasteiger partial charge >= 0.3 is 0 Å². The predicted molar refractivity (Wildman–Crippen MR) is 74.4 cm³/mol. The van der Waals surface area contributed by atoms with Crippen LogP contribution in [-0.2, 0) is 4.74 Å². The van der Waals surface area contributed by atoms with Gasteiger partial charge in [-0.05, 0) is 18.2 Å². The van der Waals surface area contributed by atoms with Gasteiger partial charge in [0.1, 0.15) is 0 Å². The van der Waals surface area contributed by atoms with Crippen molar-refractivity contribution in [3.05, 3.63) is 29.4 Å². The van der Waals surface area contributed by atoms with E-state index in [9.17, 15) is 0 Å². The van der Waals surface area contributed by atoms with Gasteiger partial charge in [0.2, 0.25) is 5.88 Å². The number of hydrogen-bond donors (Lipinski definition) is 1. The molecule has 3 rings (SSSR count). The molecule has 5 nitrogen and oxygen atoms in total. The summed E-state index contributed by atoms with van der Waals surface area (Å²) in [6.45, 7) is 3.14. The lowest BCUT2D eigenvalue weighted by molar-refractivity contribution is 0.123. The largest absolute Gasteiger partial charge is 0.378 e. The van der Waals surface area contributed by atoms with E-state index in [-0.39, 0.29) is 0 Å². The van der Waals surface area contributed by atoms with Crippen LogP contribution in [0.2, 0.25) is 5.02 Å². The van der Waals surface area contributed by atoms with Crippen molar-refractivity contribution in [2.45, 2.75) is 0 Å². The van der Waals surface area contributed by atoms with Crippen molar-refractivity contribution in [2.75, 3.05) is 36.9 Å². The molecular weight excluding hydrogens is 266 g/mol. The molecule has 6 heteroatoms. The van der Waals surface area contributed by atoms with Gasteiger partial charge in [-0.2, -0.15) is 0 Å². The number of nitrogen functional groups attached to an aromatic ring is 1. The van der Waals surface area contributed by atoms with Gasteiger partial charge in [0.05, 0.1) is 25.0 Å². The summed E-state index contributed by atoms with van der Waals surface area (Å²) in [5.74, 6) is 0.303. The van der Waals surface area contributed by atoms with Gasteiger partial charge in [0.25, 0.3) is 0 Å². The van der Waals surface area contributed by atoms with E-state index in [2.05, 4.69) is 10.1 Å². The molecule has 0 bridgehead atoms. The number of rotatable bonds is 2. The second-order valence-electron chi connectivity index (χ2n) is 4.36. The maximum atomic E-state index is 6.09. The molecule has 1 saturated heterocycles. The molecule has 1 aliphatic rings. The van der Waals surface area contributed by atoms with Crippen molar-refractivity contribution in [1.82, 2.24) is 5.16 Å². The minimum absolute atomic E-state index is 0.303. The fourth-order valence-corrected chi connectivity index (χ4v) is 2.43. The van der Waals surface area contributed by atoms with E-state index < -0.39 is 0 Å². The van der Waals surface area contributed by atoms with E-state index in [1.54, 1.807) is 6.20 Å². The number of aromatic nitrogens is 1. The van der Waals surface area contributed by atoms with Crippen LogP contribution >= 0.6 is 11.6 Å². The first-order valence-electron chi connectivity index (χ1n) is 6.08. The number of ether oxygens (including phenoxy) is 1. The summed E-state index contributed by atoms with van der Waals surface area (Å²) in [5, 5.41) is 4.39. The molecule has 2 heterocycles. The van der Waals surface area contributed by atoms with Crippen molar-refractivity contribution in [2.24, 2.45) is 0 Å². The standard InChI is InChI=1S/C13H14ClN3O2/c14-9-1-2-12(17-3-5-18-6-4-17)10(7-9)11-8-16-19-13(11)15/h1-2,7-8H,3-6,15H2. The monoisotopic (exact) mass is 279 g/mol. The minimum atomic E-state index is 0.303. The number of halogens is 1. The highest BCUT2D eigenvalue weighted by Crippen LogP contribution is 2.36. The molecule has 0 amide bonds. The van der Waals surface area contributed by atoms with Crippen LogP contribution in [0.15, 0.2) is 28.9 Å². The highest BCUT2D eigenvalue weighted by atomic mass is 35.5. The normalized spacial score (nSPS) is 15.7. The number of nitrogens with two attached hydrogens (primary N) is 1. The SMILES string of the molecule is Nc1oncc1-c1cc(Cl)ccc1N1CCOCC1. The lowest BCUT2D eigenvalue weighted by Gasteiger charge is -2.30. The van der Waals surface area contributed by atoms with E-state index in [4.69, 9.17) is 26.6 Å². The van der Waals surface area contributed by atoms with Crippen molar-refractivity contribution in [3.63, 3.8) is 0 Å². The van der Waals surface area contributed by atoms with Crippen molar-refractivity contribution < 1.29 is 9.26 Å². The van der Waals surface area contributed by atoms with Gasteiger partial charge in [0.15, 0.2) is 0 Å². The third-order valence-electron chi connectivity index (χ3n) is 3.20. The Morgan fingerprint density at radius 3 is 2.68 bits per heavy atom. The molecule has 1 fully saturated rings. The van der Waals surface area contributed by atoms with E-state index >= 15 is 0 Å². The topological polar surface area (TPSA) is 64.5 Å². The van der Waals surface area contributed by atoms with E-state index in [1.165, 1.54) is 0 Å². The molecule has 0 atom stereocenters. The molecule has 0 saturated carbocycles. The predicted octanol–water partition coefficient (Wildman–Crippen LogP) is 2.41. The molecular formula is C13H14ClN3O2. The Balaban J connectivity index is 2.06. The fourth-order valence-electron chi connectivity index (χ4n) is 2.25. The first-order chi connectivity index (χ1) is 9.25. The molecule has 0 unspecified atom stereocenters. The second kappa shape index (κ2) is 5.11. The molecule has 2 N–H and O–H groups in total. The average Bonchev–Trinajstić information content (AvgIpc) is 2.86. The third-order valence-corrected chi connectivity index (χ3v) is 3.43. The number of morpholine rings is 1. The van der Waals surface area contributed by atoms with Crippen LogP contribution in [-0.4, -0.2) is 31.5 Å². The summed E-state index contributed by atoms with van der Waals surface area (Å²) < 4.78 is 10.3. The molecule has 2 aromatic rings. The van der Waals surface area contributed by atoms with Crippen LogP contribution in [0.25, 0.3) is 11.1 Å².